The average molecular weight is 359 g/mol. The highest BCUT2D eigenvalue weighted by molar-refractivity contribution is 6.16. The molecule has 27 heavy (non-hydrogen) atoms. The van der Waals surface area contributed by atoms with Gasteiger partial charge < -0.3 is 14.4 Å². The van der Waals surface area contributed by atoms with Crippen molar-refractivity contribution in [1.82, 2.24) is 4.57 Å². The number of phenolic OH excluding ortho intramolecular Hbond substituents is 1. The van der Waals surface area contributed by atoms with Crippen molar-refractivity contribution in [2.24, 2.45) is 0 Å². The Morgan fingerprint density at radius 2 is 1.67 bits per heavy atom. The third-order valence-electron chi connectivity index (χ3n) is 4.96. The van der Waals surface area contributed by atoms with Crippen molar-refractivity contribution in [1.29, 1.82) is 0 Å². The molecular weight excluding hydrogens is 338 g/mol. The van der Waals surface area contributed by atoms with Crippen LogP contribution in [0, 0.1) is 13.8 Å². The lowest BCUT2D eigenvalue weighted by atomic mass is 10.0. The molecule has 0 atom stereocenters. The topological polar surface area (TPSA) is 51.5 Å². The van der Waals surface area contributed by atoms with Crippen LogP contribution in [0.2, 0.25) is 0 Å². The number of carbonyl (C=O) groups excluding carboxylic acids is 1. The number of ether oxygens (including phenoxy) is 1. The number of nitrogens with zero attached hydrogens (tertiary/aromatic N) is 1. The van der Waals surface area contributed by atoms with Crippen LogP contribution >= 0.6 is 0 Å². The van der Waals surface area contributed by atoms with Crippen LogP contribution in [0.5, 0.6) is 5.75 Å². The van der Waals surface area contributed by atoms with Crippen molar-refractivity contribution in [3.63, 3.8) is 0 Å². The van der Waals surface area contributed by atoms with Gasteiger partial charge in [0.1, 0.15) is 5.75 Å². The predicted octanol–water partition coefficient (Wildman–Crippen LogP) is 5.28. The highest BCUT2D eigenvalue weighted by Gasteiger charge is 2.24. The Labute approximate surface area is 157 Å². The van der Waals surface area contributed by atoms with E-state index < -0.39 is 0 Å². The summed E-state index contributed by atoms with van der Waals surface area (Å²) in [5, 5.41) is 12.9. The van der Waals surface area contributed by atoms with Gasteiger partial charge in [0.05, 0.1) is 17.7 Å². The molecule has 1 heterocycles. The minimum absolute atomic E-state index is 0.157. The number of carbonyl (C=O) groups is 1. The van der Waals surface area contributed by atoms with Crippen molar-refractivity contribution in [2.75, 3.05) is 6.61 Å². The zero-order valence-corrected chi connectivity index (χ0v) is 15.6. The van der Waals surface area contributed by atoms with Gasteiger partial charge in [0, 0.05) is 27.5 Å². The minimum atomic E-state index is -0.374. The lowest BCUT2D eigenvalue weighted by Crippen LogP contribution is -2.07. The molecule has 4 nitrogen and oxygen atoms in total. The van der Waals surface area contributed by atoms with Crippen LogP contribution in [0.15, 0.2) is 54.6 Å². The minimum Gasteiger partial charge on any atom is -0.507 e. The number of aromatic nitrogens is 1. The van der Waals surface area contributed by atoms with Gasteiger partial charge in [0.15, 0.2) is 0 Å². The van der Waals surface area contributed by atoms with E-state index in [4.69, 9.17) is 4.74 Å². The SMILES string of the molecule is CCOC(=O)c1c(C)n(-c2ccc(C)cc2)c2c1cc(O)c1ccccc12. The Hall–Kier alpha value is -3.27. The molecule has 1 N–H and O–H groups in total. The molecule has 136 valence electrons. The maximum atomic E-state index is 12.7. The van der Waals surface area contributed by atoms with Crippen molar-refractivity contribution in [3.8, 4) is 11.4 Å². The first kappa shape index (κ1) is 17.2. The van der Waals surface area contributed by atoms with E-state index in [1.54, 1.807) is 13.0 Å². The zero-order chi connectivity index (χ0) is 19.1. The molecule has 4 aromatic rings. The molecule has 4 rings (SSSR count). The number of phenols is 1. The van der Waals surface area contributed by atoms with Crippen LogP contribution in [0.4, 0.5) is 0 Å². The molecule has 0 saturated carbocycles. The van der Waals surface area contributed by atoms with Crippen LogP contribution in [-0.4, -0.2) is 22.2 Å². The fourth-order valence-corrected chi connectivity index (χ4v) is 3.72. The van der Waals surface area contributed by atoms with Crippen LogP contribution < -0.4 is 0 Å². The van der Waals surface area contributed by atoms with Gasteiger partial charge in [-0.25, -0.2) is 4.79 Å². The summed E-state index contributed by atoms with van der Waals surface area (Å²) in [4.78, 5) is 12.7. The van der Waals surface area contributed by atoms with E-state index in [9.17, 15) is 9.90 Å². The molecule has 0 unspecified atom stereocenters. The van der Waals surface area contributed by atoms with Gasteiger partial charge in [-0.15, -0.1) is 0 Å². The summed E-state index contributed by atoms with van der Waals surface area (Å²) in [6.45, 7) is 6.05. The van der Waals surface area contributed by atoms with E-state index in [0.29, 0.717) is 17.6 Å². The normalized spacial score (nSPS) is 11.2. The predicted molar refractivity (Wildman–Crippen MR) is 108 cm³/mol. The van der Waals surface area contributed by atoms with Crippen molar-refractivity contribution in [3.05, 3.63) is 71.4 Å². The molecule has 0 saturated heterocycles. The van der Waals surface area contributed by atoms with Crippen LogP contribution in [0.25, 0.3) is 27.4 Å². The van der Waals surface area contributed by atoms with Crippen LogP contribution in [0.1, 0.15) is 28.5 Å². The number of aromatic hydroxyl groups is 1. The molecule has 0 amide bonds. The first-order valence-electron chi connectivity index (χ1n) is 9.02. The van der Waals surface area contributed by atoms with E-state index in [-0.39, 0.29) is 11.7 Å². The number of aryl methyl sites for hydroxylation is 1. The third kappa shape index (κ3) is 2.65. The zero-order valence-electron chi connectivity index (χ0n) is 15.6. The molecule has 0 radical (unpaired) electrons. The molecule has 3 aromatic carbocycles. The number of hydrogen-bond donors (Lipinski definition) is 1. The van der Waals surface area contributed by atoms with E-state index in [2.05, 4.69) is 4.57 Å². The van der Waals surface area contributed by atoms with Crippen LogP contribution in [0.3, 0.4) is 0 Å². The lowest BCUT2D eigenvalue weighted by molar-refractivity contribution is 0.0527. The number of esters is 1. The van der Waals surface area contributed by atoms with Gasteiger partial charge in [0.25, 0.3) is 0 Å². The van der Waals surface area contributed by atoms with Gasteiger partial charge in [-0.3, -0.25) is 0 Å². The molecule has 0 aliphatic rings. The fraction of sp³-hybridized carbons (Fsp3) is 0.174. The highest BCUT2D eigenvalue weighted by Crippen LogP contribution is 2.39. The highest BCUT2D eigenvalue weighted by atomic mass is 16.5. The second kappa shape index (κ2) is 6.47. The molecule has 0 aliphatic carbocycles. The summed E-state index contributed by atoms with van der Waals surface area (Å²) in [6, 6.07) is 17.5. The van der Waals surface area contributed by atoms with E-state index in [0.717, 1.165) is 27.7 Å². The standard InChI is InChI=1S/C23H21NO3/c1-4-27-23(26)21-15(3)24(16-11-9-14(2)10-12-16)22-18-8-6-5-7-17(18)20(25)13-19(21)22/h5-13,25H,4H2,1-3H3. The summed E-state index contributed by atoms with van der Waals surface area (Å²) in [5.41, 5.74) is 4.32. The Kier molecular flexibility index (Phi) is 4.11. The maximum absolute atomic E-state index is 12.7. The van der Waals surface area contributed by atoms with Gasteiger partial charge >= 0.3 is 5.97 Å². The van der Waals surface area contributed by atoms with Crippen LogP contribution in [-0.2, 0) is 4.74 Å². The van der Waals surface area contributed by atoms with E-state index in [1.165, 1.54) is 5.56 Å². The smallest absolute Gasteiger partial charge is 0.340 e. The first-order chi connectivity index (χ1) is 13.0. The third-order valence-corrected chi connectivity index (χ3v) is 4.96. The van der Waals surface area contributed by atoms with Gasteiger partial charge in [-0.1, -0.05) is 42.0 Å². The number of hydrogen-bond acceptors (Lipinski definition) is 3. The molecule has 0 fully saturated rings. The monoisotopic (exact) mass is 359 g/mol. The second-order valence-corrected chi connectivity index (χ2v) is 6.69. The summed E-state index contributed by atoms with van der Waals surface area (Å²) in [7, 11) is 0. The Bertz CT molecular complexity index is 1170. The van der Waals surface area contributed by atoms with E-state index >= 15 is 0 Å². The second-order valence-electron chi connectivity index (χ2n) is 6.69. The average Bonchev–Trinajstić information content (AvgIpc) is 2.95. The largest absolute Gasteiger partial charge is 0.507 e. The van der Waals surface area contributed by atoms with Gasteiger partial charge in [-0.2, -0.15) is 0 Å². The Morgan fingerprint density at radius 1 is 1.00 bits per heavy atom. The number of benzene rings is 3. The fourth-order valence-electron chi connectivity index (χ4n) is 3.72. The maximum Gasteiger partial charge on any atom is 0.340 e. The van der Waals surface area contributed by atoms with Crippen molar-refractivity contribution >= 4 is 27.6 Å². The lowest BCUT2D eigenvalue weighted by Gasteiger charge is -2.11. The summed E-state index contributed by atoms with van der Waals surface area (Å²) in [5.74, 6) is -0.217. The van der Waals surface area contributed by atoms with Gasteiger partial charge in [-0.05, 0) is 39.0 Å². The number of rotatable bonds is 3. The molecular formula is C23H21NO3. The summed E-state index contributed by atoms with van der Waals surface area (Å²) >= 11 is 0. The van der Waals surface area contributed by atoms with Crippen molar-refractivity contribution < 1.29 is 14.6 Å². The van der Waals surface area contributed by atoms with E-state index in [1.807, 2.05) is 62.4 Å². The molecule has 0 bridgehead atoms. The quantitative estimate of drug-likeness (QED) is 0.506. The Balaban J connectivity index is 2.18. The first-order valence-corrected chi connectivity index (χ1v) is 9.02. The molecule has 4 heteroatoms. The Morgan fingerprint density at radius 3 is 2.33 bits per heavy atom. The molecule has 0 aliphatic heterocycles. The van der Waals surface area contributed by atoms with Crippen molar-refractivity contribution in [2.45, 2.75) is 20.8 Å². The molecule has 0 spiro atoms. The number of fused-ring (bicyclic) bond motifs is 3. The van der Waals surface area contributed by atoms with Gasteiger partial charge in [0.2, 0.25) is 0 Å². The summed E-state index contributed by atoms with van der Waals surface area (Å²) in [6.07, 6.45) is 0. The summed E-state index contributed by atoms with van der Waals surface area (Å²) < 4.78 is 7.38. The molecule has 1 aromatic heterocycles.